The molecule has 4 N–H and O–H groups in total. The maximum absolute atomic E-state index is 12.3. The molecule has 0 aromatic rings. The van der Waals surface area contributed by atoms with Crippen LogP contribution in [0.1, 0.15) is 20.3 Å². The summed E-state index contributed by atoms with van der Waals surface area (Å²) < 4.78 is 0. The van der Waals surface area contributed by atoms with Gasteiger partial charge in [-0.05, 0) is 5.41 Å². The van der Waals surface area contributed by atoms with E-state index >= 15 is 0 Å². The zero-order valence-electron chi connectivity index (χ0n) is 10.9. The van der Waals surface area contributed by atoms with Crippen LogP contribution in [0.4, 0.5) is 0 Å². The standard InChI is InChI=1S/C12H18N2O5/c1-12(2)7(8(12)11(18)19)10(17)14-4-5(15)3-6(14)9(13)16/h5-8,15H,3-4H2,1-2H3,(H2,13,16)(H,18,19)/t5?,6?,7-,8+/m1/s1. The van der Waals surface area contributed by atoms with Crippen LogP contribution in [0.25, 0.3) is 0 Å². The van der Waals surface area contributed by atoms with E-state index in [0.29, 0.717) is 0 Å². The summed E-state index contributed by atoms with van der Waals surface area (Å²) in [5, 5.41) is 18.6. The second-order valence-corrected chi connectivity index (χ2v) is 5.91. The fraction of sp³-hybridized carbons (Fsp3) is 0.750. The smallest absolute Gasteiger partial charge is 0.307 e. The SMILES string of the molecule is CC1(C)[C@H](C(=O)O)[C@@H]1C(=O)N1CC(O)CC1C(N)=O. The quantitative estimate of drug-likeness (QED) is 0.594. The molecule has 2 rings (SSSR count). The van der Waals surface area contributed by atoms with Crippen molar-refractivity contribution >= 4 is 17.8 Å². The number of aliphatic carboxylic acids is 1. The van der Waals surface area contributed by atoms with E-state index in [9.17, 15) is 19.5 Å². The number of aliphatic hydroxyl groups is 1. The molecule has 19 heavy (non-hydrogen) atoms. The van der Waals surface area contributed by atoms with Gasteiger partial charge in [0.1, 0.15) is 6.04 Å². The lowest BCUT2D eigenvalue weighted by Gasteiger charge is -2.22. The number of rotatable bonds is 3. The number of hydrogen-bond donors (Lipinski definition) is 3. The third kappa shape index (κ3) is 2.07. The minimum atomic E-state index is -1.02. The van der Waals surface area contributed by atoms with Crippen molar-refractivity contribution in [1.82, 2.24) is 4.90 Å². The Morgan fingerprint density at radius 2 is 1.84 bits per heavy atom. The molecule has 1 aliphatic carbocycles. The highest BCUT2D eigenvalue weighted by Gasteiger charge is 2.67. The Bertz CT molecular complexity index is 447. The number of carboxylic acids is 1. The molecule has 1 aliphatic heterocycles. The number of likely N-dealkylation sites (tertiary alicyclic amines) is 1. The Kier molecular flexibility index (Phi) is 3.04. The van der Waals surface area contributed by atoms with E-state index in [1.807, 2.05) is 0 Å². The van der Waals surface area contributed by atoms with Crippen LogP contribution in [0.15, 0.2) is 0 Å². The Balaban J connectivity index is 2.17. The van der Waals surface area contributed by atoms with E-state index in [1.165, 1.54) is 4.90 Å². The van der Waals surface area contributed by atoms with Gasteiger partial charge in [0.25, 0.3) is 0 Å². The molecule has 4 atom stereocenters. The second-order valence-electron chi connectivity index (χ2n) is 5.91. The number of nitrogens with zero attached hydrogens (tertiary/aromatic N) is 1. The fourth-order valence-electron chi connectivity index (χ4n) is 3.07. The van der Waals surface area contributed by atoms with Crippen LogP contribution >= 0.6 is 0 Å². The van der Waals surface area contributed by atoms with Gasteiger partial charge in [-0.3, -0.25) is 14.4 Å². The summed E-state index contributed by atoms with van der Waals surface area (Å²) in [6, 6.07) is -0.839. The monoisotopic (exact) mass is 270 g/mol. The fourth-order valence-corrected chi connectivity index (χ4v) is 3.07. The van der Waals surface area contributed by atoms with Crippen LogP contribution in [-0.4, -0.2) is 51.6 Å². The number of amides is 2. The van der Waals surface area contributed by atoms with Gasteiger partial charge in [0.2, 0.25) is 11.8 Å². The molecule has 2 aliphatic rings. The average molecular weight is 270 g/mol. The molecule has 106 valence electrons. The number of aliphatic hydroxyl groups excluding tert-OH is 1. The highest BCUT2D eigenvalue weighted by atomic mass is 16.4. The molecule has 2 unspecified atom stereocenters. The van der Waals surface area contributed by atoms with Gasteiger partial charge in [-0.1, -0.05) is 13.8 Å². The lowest BCUT2D eigenvalue weighted by Crippen LogP contribution is -2.45. The summed E-state index contributed by atoms with van der Waals surface area (Å²) in [6.07, 6.45) is -0.669. The Labute approximate surface area is 110 Å². The normalized spacial score (nSPS) is 36.1. The lowest BCUT2D eigenvalue weighted by molar-refractivity contribution is -0.143. The zero-order valence-corrected chi connectivity index (χ0v) is 10.9. The van der Waals surface area contributed by atoms with Gasteiger partial charge in [0, 0.05) is 13.0 Å². The molecule has 7 nitrogen and oxygen atoms in total. The maximum atomic E-state index is 12.3. The average Bonchev–Trinajstić information content (AvgIpc) is 2.65. The molecular formula is C12H18N2O5. The topological polar surface area (TPSA) is 121 Å². The molecular weight excluding hydrogens is 252 g/mol. The predicted molar refractivity (Wildman–Crippen MR) is 63.7 cm³/mol. The van der Waals surface area contributed by atoms with Crippen LogP contribution in [0.3, 0.4) is 0 Å². The van der Waals surface area contributed by atoms with Crippen molar-refractivity contribution in [1.29, 1.82) is 0 Å². The van der Waals surface area contributed by atoms with E-state index in [2.05, 4.69) is 0 Å². The van der Waals surface area contributed by atoms with Crippen molar-refractivity contribution < 1.29 is 24.6 Å². The molecule has 1 saturated heterocycles. The summed E-state index contributed by atoms with van der Waals surface area (Å²) in [5.74, 6) is -3.49. The Morgan fingerprint density at radius 3 is 2.26 bits per heavy atom. The Hall–Kier alpha value is -1.63. The van der Waals surface area contributed by atoms with Crippen LogP contribution in [0.5, 0.6) is 0 Å². The molecule has 7 heteroatoms. The number of hydrogen-bond acceptors (Lipinski definition) is 4. The summed E-state index contributed by atoms with van der Waals surface area (Å²) in [5.41, 5.74) is 4.58. The van der Waals surface area contributed by atoms with Gasteiger partial charge >= 0.3 is 5.97 Å². The molecule has 2 fully saturated rings. The summed E-state index contributed by atoms with van der Waals surface area (Å²) in [4.78, 5) is 35.9. The van der Waals surface area contributed by atoms with Crippen LogP contribution in [0.2, 0.25) is 0 Å². The third-order valence-electron chi connectivity index (χ3n) is 4.25. The predicted octanol–water partition coefficient (Wildman–Crippen LogP) is -1.21. The molecule has 2 amide bonds. The largest absolute Gasteiger partial charge is 0.481 e. The molecule has 1 heterocycles. The summed E-state index contributed by atoms with van der Waals surface area (Å²) in [6.45, 7) is 3.45. The summed E-state index contributed by atoms with van der Waals surface area (Å²) in [7, 11) is 0. The molecule has 0 aromatic carbocycles. The maximum Gasteiger partial charge on any atom is 0.307 e. The van der Waals surface area contributed by atoms with Crippen molar-refractivity contribution in [3.63, 3.8) is 0 Å². The van der Waals surface area contributed by atoms with Crippen LogP contribution in [-0.2, 0) is 14.4 Å². The summed E-state index contributed by atoms with van der Waals surface area (Å²) >= 11 is 0. The van der Waals surface area contributed by atoms with Gasteiger partial charge in [0.15, 0.2) is 0 Å². The van der Waals surface area contributed by atoms with Crippen molar-refractivity contribution in [3.8, 4) is 0 Å². The van der Waals surface area contributed by atoms with Crippen LogP contribution in [0, 0.1) is 17.3 Å². The van der Waals surface area contributed by atoms with E-state index in [1.54, 1.807) is 13.8 Å². The van der Waals surface area contributed by atoms with E-state index in [4.69, 9.17) is 10.8 Å². The molecule has 0 spiro atoms. The highest BCUT2D eigenvalue weighted by Crippen LogP contribution is 2.59. The van der Waals surface area contributed by atoms with Crippen molar-refractivity contribution in [3.05, 3.63) is 0 Å². The third-order valence-corrected chi connectivity index (χ3v) is 4.25. The van der Waals surface area contributed by atoms with Gasteiger partial charge in [-0.25, -0.2) is 0 Å². The lowest BCUT2D eigenvalue weighted by atomic mass is 10.1. The first-order valence-electron chi connectivity index (χ1n) is 6.18. The number of carboxylic acid groups (broad SMARTS) is 1. The van der Waals surface area contributed by atoms with Crippen LogP contribution < -0.4 is 5.73 Å². The molecule has 0 radical (unpaired) electrons. The van der Waals surface area contributed by atoms with Gasteiger partial charge in [0.05, 0.1) is 17.9 Å². The highest BCUT2D eigenvalue weighted by molar-refractivity contribution is 5.94. The van der Waals surface area contributed by atoms with E-state index in [-0.39, 0.29) is 13.0 Å². The number of nitrogens with two attached hydrogens (primary N) is 1. The van der Waals surface area contributed by atoms with Crippen molar-refractivity contribution in [2.24, 2.45) is 23.0 Å². The van der Waals surface area contributed by atoms with Gasteiger partial charge in [-0.15, -0.1) is 0 Å². The Morgan fingerprint density at radius 1 is 1.26 bits per heavy atom. The minimum Gasteiger partial charge on any atom is -0.481 e. The van der Waals surface area contributed by atoms with E-state index in [0.717, 1.165) is 0 Å². The van der Waals surface area contributed by atoms with Gasteiger partial charge < -0.3 is 20.8 Å². The first-order chi connectivity index (χ1) is 8.67. The molecule has 0 aromatic heterocycles. The van der Waals surface area contributed by atoms with E-state index < -0.39 is 47.2 Å². The van der Waals surface area contributed by atoms with Crippen molar-refractivity contribution in [2.75, 3.05) is 6.54 Å². The first-order valence-corrected chi connectivity index (χ1v) is 6.18. The number of primary amides is 1. The minimum absolute atomic E-state index is 0.0331. The zero-order chi connectivity index (χ0) is 14.5. The number of carbonyl (C=O) groups is 3. The van der Waals surface area contributed by atoms with Crippen molar-refractivity contribution in [2.45, 2.75) is 32.4 Å². The first kappa shape index (κ1) is 13.8. The van der Waals surface area contributed by atoms with Gasteiger partial charge in [-0.2, -0.15) is 0 Å². The second kappa shape index (κ2) is 4.19. The molecule has 1 saturated carbocycles. The molecule has 0 bridgehead atoms. The number of β-amino-alcohol motifs (C(OH)–C–C–N with tert-alkyl or cyclic N) is 1. The number of carbonyl (C=O) groups excluding carboxylic acids is 2.